The molecule has 13 heteroatoms. The summed E-state index contributed by atoms with van der Waals surface area (Å²) < 4.78 is 23.7. The Morgan fingerprint density at radius 3 is 2.57 bits per heavy atom. The van der Waals surface area contributed by atoms with Gasteiger partial charge in [0.15, 0.2) is 17.1 Å². The first kappa shape index (κ1) is 30.2. The minimum Gasteiger partial charge on any atom is -0.454 e. The van der Waals surface area contributed by atoms with Gasteiger partial charge in [0.05, 0.1) is 36.3 Å². The topological polar surface area (TPSA) is 119 Å². The summed E-state index contributed by atoms with van der Waals surface area (Å²) in [5.74, 6) is 2.59. The maximum absolute atomic E-state index is 6.21. The lowest BCUT2D eigenvalue weighted by Gasteiger charge is -2.22. The van der Waals surface area contributed by atoms with E-state index in [-0.39, 0.29) is 11.5 Å². The fourth-order valence-electron chi connectivity index (χ4n) is 5.34. The van der Waals surface area contributed by atoms with Crippen molar-refractivity contribution < 1.29 is 14.2 Å². The third-order valence-electron chi connectivity index (χ3n) is 7.90. The second-order valence-electron chi connectivity index (χ2n) is 13.8. The first-order valence-corrected chi connectivity index (χ1v) is 18.9. The summed E-state index contributed by atoms with van der Waals surface area (Å²) in [6.45, 7) is 18.2. The maximum Gasteiger partial charge on any atom is 0.210 e. The van der Waals surface area contributed by atoms with Crippen LogP contribution in [-0.2, 0) is 28.7 Å². The zero-order valence-electron chi connectivity index (χ0n) is 27.0. The number of aryl methyl sites for hydroxylation is 2. The van der Waals surface area contributed by atoms with Crippen LogP contribution in [0.2, 0.25) is 25.7 Å². The van der Waals surface area contributed by atoms with Gasteiger partial charge in [0.1, 0.15) is 18.2 Å². The monoisotopic (exact) mass is 617 g/mol. The van der Waals surface area contributed by atoms with E-state index < -0.39 is 8.07 Å². The Kier molecular flexibility index (Phi) is 7.97. The molecular formula is C31H43N9O3Si. The zero-order valence-corrected chi connectivity index (χ0v) is 28.0. The Balaban J connectivity index is 1.19. The molecule has 0 bridgehead atoms. The molecule has 234 valence electrons. The highest BCUT2D eigenvalue weighted by atomic mass is 28.3. The van der Waals surface area contributed by atoms with Crippen molar-refractivity contribution >= 4 is 42.0 Å². The van der Waals surface area contributed by atoms with Gasteiger partial charge in [-0.15, -0.1) is 0 Å². The number of nitrogens with zero attached hydrogens (tertiary/aromatic N) is 8. The van der Waals surface area contributed by atoms with E-state index in [0.717, 1.165) is 59.4 Å². The van der Waals surface area contributed by atoms with E-state index in [0.29, 0.717) is 36.4 Å². The van der Waals surface area contributed by atoms with Crippen LogP contribution < -0.4 is 10.1 Å². The lowest BCUT2D eigenvalue weighted by atomic mass is 9.91. The number of imidazole rings is 1. The smallest absolute Gasteiger partial charge is 0.210 e. The number of rotatable bonds is 10. The Bertz CT molecular complexity index is 1790. The molecule has 0 unspecified atom stereocenters. The van der Waals surface area contributed by atoms with Crippen LogP contribution in [0.3, 0.4) is 0 Å². The van der Waals surface area contributed by atoms with E-state index in [4.69, 9.17) is 24.3 Å². The Labute approximate surface area is 258 Å². The van der Waals surface area contributed by atoms with Crippen molar-refractivity contribution in [1.82, 2.24) is 39.1 Å². The van der Waals surface area contributed by atoms with Crippen molar-refractivity contribution in [1.29, 1.82) is 0 Å². The Hall–Kier alpha value is -3.81. The van der Waals surface area contributed by atoms with Crippen molar-refractivity contribution in [3.63, 3.8) is 0 Å². The van der Waals surface area contributed by atoms with E-state index in [2.05, 4.69) is 71.5 Å². The van der Waals surface area contributed by atoms with Gasteiger partial charge >= 0.3 is 0 Å². The lowest BCUT2D eigenvalue weighted by molar-refractivity contribution is 0.0810. The van der Waals surface area contributed by atoms with Crippen LogP contribution in [-0.4, -0.2) is 67.0 Å². The van der Waals surface area contributed by atoms with Gasteiger partial charge in [0.2, 0.25) is 5.95 Å². The van der Waals surface area contributed by atoms with Crippen molar-refractivity contribution in [2.24, 2.45) is 7.05 Å². The molecular weight excluding hydrogens is 574 g/mol. The van der Waals surface area contributed by atoms with Gasteiger partial charge in [-0.3, -0.25) is 4.68 Å². The SMILES string of the molecule is Cc1nn(COCC[Si](C)(C)C)c2ncc(Oc3cnc4nc(Nc5cc(C(C)(C)C)n([C@H]6CCOC6)n5)n(C)c4c3)cc12. The number of pyridine rings is 2. The number of nitrogens with one attached hydrogen (secondary N) is 1. The zero-order chi connectivity index (χ0) is 31.2. The number of fused-ring (bicyclic) bond motifs is 2. The van der Waals surface area contributed by atoms with Gasteiger partial charge < -0.3 is 24.1 Å². The highest BCUT2D eigenvalue weighted by Gasteiger charge is 2.28. The number of ether oxygens (including phenoxy) is 3. The standard InChI is InChI=1S/C31H43N9O3Si/c1-20-24-13-22(17-33-29(24)39(36-20)19-42-11-12-44(6,7)8)43-23-14-25-28(32-16-23)35-30(38(25)5)34-27-15-26(31(2,3)4)40(37-27)21-9-10-41-18-21/h13-17,21H,9-12,18-19H2,1-8H3,(H,32,34,35,37)/t21-/m0/s1. The molecule has 1 fully saturated rings. The maximum atomic E-state index is 6.21. The molecule has 6 heterocycles. The minimum atomic E-state index is -1.15. The molecule has 6 rings (SSSR count). The molecule has 0 spiro atoms. The summed E-state index contributed by atoms with van der Waals surface area (Å²) in [6.07, 6.45) is 4.35. The summed E-state index contributed by atoms with van der Waals surface area (Å²) in [5, 5.41) is 13.9. The molecule has 5 aromatic heterocycles. The fourth-order valence-corrected chi connectivity index (χ4v) is 6.10. The third-order valence-corrected chi connectivity index (χ3v) is 9.60. The van der Waals surface area contributed by atoms with Crippen LogP contribution in [0, 0.1) is 6.92 Å². The highest BCUT2D eigenvalue weighted by Crippen LogP contribution is 2.32. The quantitative estimate of drug-likeness (QED) is 0.142. The Morgan fingerprint density at radius 2 is 1.84 bits per heavy atom. The van der Waals surface area contributed by atoms with Crippen molar-refractivity contribution in [3.05, 3.63) is 42.0 Å². The highest BCUT2D eigenvalue weighted by molar-refractivity contribution is 6.76. The summed E-state index contributed by atoms with van der Waals surface area (Å²) in [7, 11) is 0.804. The van der Waals surface area contributed by atoms with Gasteiger partial charge in [-0.25, -0.2) is 14.6 Å². The largest absolute Gasteiger partial charge is 0.454 e. The molecule has 0 aliphatic carbocycles. The van der Waals surface area contributed by atoms with E-state index in [1.807, 2.05) is 35.4 Å². The number of anilines is 2. The minimum absolute atomic E-state index is 0.0636. The molecule has 12 nitrogen and oxygen atoms in total. The van der Waals surface area contributed by atoms with Crippen molar-refractivity contribution in [2.45, 2.75) is 78.0 Å². The van der Waals surface area contributed by atoms with Gasteiger partial charge in [-0.05, 0) is 25.5 Å². The van der Waals surface area contributed by atoms with Gasteiger partial charge in [-0.1, -0.05) is 40.4 Å². The van der Waals surface area contributed by atoms with Gasteiger partial charge in [0.25, 0.3) is 0 Å². The van der Waals surface area contributed by atoms with Crippen LogP contribution in [0.4, 0.5) is 11.8 Å². The number of hydrogen-bond donors (Lipinski definition) is 1. The van der Waals surface area contributed by atoms with E-state index >= 15 is 0 Å². The van der Waals surface area contributed by atoms with E-state index in [1.165, 1.54) is 0 Å². The molecule has 1 atom stereocenters. The average Bonchev–Trinajstić information content (AvgIpc) is 3.74. The van der Waals surface area contributed by atoms with Crippen LogP contribution in [0.1, 0.15) is 44.6 Å². The van der Waals surface area contributed by atoms with Crippen molar-refractivity contribution in [2.75, 3.05) is 25.1 Å². The van der Waals surface area contributed by atoms with Crippen LogP contribution >= 0.6 is 0 Å². The molecule has 1 saturated heterocycles. The van der Waals surface area contributed by atoms with E-state index in [1.54, 1.807) is 12.4 Å². The molecule has 1 aliphatic rings. The molecule has 44 heavy (non-hydrogen) atoms. The third kappa shape index (κ3) is 6.35. The summed E-state index contributed by atoms with van der Waals surface area (Å²) in [5.41, 5.74) is 4.19. The summed E-state index contributed by atoms with van der Waals surface area (Å²) in [4.78, 5) is 14.0. The summed E-state index contributed by atoms with van der Waals surface area (Å²) >= 11 is 0. The Morgan fingerprint density at radius 1 is 1.07 bits per heavy atom. The van der Waals surface area contributed by atoms with E-state index in [9.17, 15) is 0 Å². The lowest BCUT2D eigenvalue weighted by Crippen LogP contribution is -2.22. The second-order valence-corrected chi connectivity index (χ2v) is 19.5. The molecule has 0 radical (unpaired) electrons. The fraction of sp³-hybridized carbons (Fsp3) is 0.516. The molecule has 0 amide bonds. The predicted molar refractivity (Wildman–Crippen MR) is 174 cm³/mol. The molecule has 1 aliphatic heterocycles. The molecule has 1 N–H and O–H groups in total. The molecule has 0 saturated carbocycles. The molecule has 5 aromatic rings. The van der Waals surface area contributed by atoms with Crippen molar-refractivity contribution in [3.8, 4) is 11.5 Å². The normalized spacial score (nSPS) is 16.0. The summed E-state index contributed by atoms with van der Waals surface area (Å²) in [6, 6.07) is 7.35. The number of aromatic nitrogens is 8. The van der Waals surface area contributed by atoms with Gasteiger partial charge in [0, 0.05) is 57.0 Å². The molecule has 0 aromatic carbocycles. The first-order valence-electron chi connectivity index (χ1n) is 15.2. The average molecular weight is 618 g/mol. The first-order chi connectivity index (χ1) is 20.9. The van der Waals surface area contributed by atoms with Crippen LogP contribution in [0.15, 0.2) is 30.6 Å². The number of hydrogen-bond acceptors (Lipinski definition) is 9. The second kappa shape index (κ2) is 11.6. The van der Waals surface area contributed by atoms with Crippen LogP contribution in [0.5, 0.6) is 11.5 Å². The van der Waals surface area contributed by atoms with Gasteiger partial charge in [-0.2, -0.15) is 15.2 Å². The van der Waals surface area contributed by atoms with Crippen LogP contribution in [0.25, 0.3) is 22.2 Å². The predicted octanol–water partition coefficient (Wildman–Crippen LogP) is 6.33.